The molecule has 0 fully saturated rings. The molecule has 1 rings (SSSR count). The van der Waals surface area contributed by atoms with E-state index < -0.39 is 0 Å². The molecule has 0 N–H and O–H groups in total. The van der Waals surface area contributed by atoms with Crippen LogP contribution in [0.2, 0.25) is 0 Å². The van der Waals surface area contributed by atoms with Crippen LogP contribution in [0.25, 0.3) is 0 Å². The molecular weight excluding hydrogens is 176 g/mol. The van der Waals surface area contributed by atoms with E-state index in [9.17, 15) is 4.79 Å². The van der Waals surface area contributed by atoms with Crippen molar-refractivity contribution in [3.63, 3.8) is 0 Å². The first kappa shape index (κ1) is 11.3. The third-order valence-electron chi connectivity index (χ3n) is 2.60. The fourth-order valence-electron chi connectivity index (χ4n) is 2.26. The van der Waals surface area contributed by atoms with Crippen molar-refractivity contribution in [2.24, 2.45) is 5.41 Å². The van der Waals surface area contributed by atoms with Gasteiger partial charge in [-0.1, -0.05) is 25.5 Å². The summed E-state index contributed by atoms with van der Waals surface area (Å²) in [4.78, 5) is 10.9. The summed E-state index contributed by atoms with van der Waals surface area (Å²) in [7, 11) is 0. The highest BCUT2D eigenvalue weighted by Crippen LogP contribution is 2.35. The van der Waals surface area contributed by atoms with E-state index >= 15 is 0 Å². The normalized spacial score (nSPS) is 26.3. The van der Waals surface area contributed by atoms with E-state index in [1.807, 2.05) is 0 Å². The summed E-state index contributed by atoms with van der Waals surface area (Å²) in [5, 5.41) is 0. The Bertz CT molecular complexity index is 251. The van der Waals surface area contributed by atoms with Crippen LogP contribution in [0.5, 0.6) is 0 Å². The minimum atomic E-state index is -0.168. The van der Waals surface area contributed by atoms with Crippen LogP contribution in [0.15, 0.2) is 11.6 Å². The minimum absolute atomic E-state index is 0.0694. The number of ether oxygens (including phenoxy) is 1. The molecule has 1 aliphatic carbocycles. The first-order valence-corrected chi connectivity index (χ1v) is 5.22. The number of hydrogen-bond donors (Lipinski definition) is 0. The van der Waals surface area contributed by atoms with Crippen LogP contribution >= 0.6 is 0 Å². The van der Waals surface area contributed by atoms with Gasteiger partial charge < -0.3 is 4.74 Å². The van der Waals surface area contributed by atoms with Gasteiger partial charge in [-0.15, -0.1) is 0 Å². The van der Waals surface area contributed by atoms with Crippen molar-refractivity contribution in [1.29, 1.82) is 0 Å². The number of rotatable bonds is 1. The van der Waals surface area contributed by atoms with Gasteiger partial charge >= 0.3 is 5.97 Å². The minimum Gasteiger partial charge on any atom is -0.462 e. The van der Waals surface area contributed by atoms with Crippen LogP contribution < -0.4 is 0 Å². The van der Waals surface area contributed by atoms with Crippen molar-refractivity contribution < 1.29 is 9.53 Å². The highest BCUT2D eigenvalue weighted by Gasteiger charge is 2.27. The van der Waals surface area contributed by atoms with Crippen LogP contribution in [-0.4, -0.2) is 12.1 Å². The Morgan fingerprint density at radius 3 is 2.79 bits per heavy atom. The Kier molecular flexibility index (Phi) is 3.35. The lowest BCUT2D eigenvalue weighted by Gasteiger charge is -2.26. The molecule has 0 bridgehead atoms. The van der Waals surface area contributed by atoms with E-state index in [1.54, 1.807) is 0 Å². The van der Waals surface area contributed by atoms with Crippen molar-refractivity contribution in [2.45, 2.75) is 53.1 Å². The quantitative estimate of drug-likeness (QED) is 0.476. The fourth-order valence-corrected chi connectivity index (χ4v) is 2.26. The van der Waals surface area contributed by atoms with Crippen molar-refractivity contribution >= 4 is 5.97 Å². The highest BCUT2D eigenvalue weighted by molar-refractivity contribution is 5.66. The van der Waals surface area contributed by atoms with E-state index in [-0.39, 0.29) is 17.5 Å². The highest BCUT2D eigenvalue weighted by atomic mass is 16.5. The summed E-state index contributed by atoms with van der Waals surface area (Å²) < 4.78 is 5.27. The van der Waals surface area contributed by atoms with Gasteiger partial charge in [0, 0.05) is 13.3 Å². The van der Waals surface area contributed by atoms with Crippen LogP contribution in [-0.2, 0) is 9.53 Å². The Morgan fingerprint density at radius 1 is 1.57 bits per heavy atom. The zero-order valence-electron chi connectivity index (χ0n) is 9.59. The van der Waals surface area contributed by atoms with E-state index in [2.05, 4.69) is 26.8 Å². The Labute approximate surface area is 86.3 Å². The van der Waals surface area contributed by atoms with Crippen LogP contribution in [0, 0.1) is 5.41 Å². The fraction of sp³-hybridized carbons (Fsp3) is 0.750. The van der Waals surface area contributed by atoms with Crippen LogP contribution in [0.3, 0.4) is 0 Å². The molecule has 0 heterocycles. The molecule has 0 radical (unpaired) electrons. The molecule has 2 heteroatoms. The lowest BCUT2D eigenvalue weighted by atomic mass is 9.83. The van der Waals surface area contributed by atoms with E-state index in [0.717, 1.165) is 19.3 Å². The number of hydrogen-bond acceptors (Lipinski definition) is 2. The Hall–Kier alpha value is -0.790. The van der Waals surface area contributed by atoms with Crippen LogP contribution in [0.1, 0.15) is 47.0 Å². The van der Waals surface area contributed by atoms with Gasteiger partial charge in [-0.3, -0.25) is 4.79 Å². The molecule has 14 heavy (non-hydrogen) atoms. The summed E-state index contributed by atoms with van der Waals surface area (Å²) in [6, 6.07) is 0. The van der Waals surface area contributed by atoms with Gasteiger partial charge in [-0.25, -0.2) is 0 Å². The van der Waals surface area contributed by atoms with Gasteiger partial charge in [0.15, 0.2) is 0 Å². The number of esters is 1. The molecule has 0 aromatic carbocycles. The molecule has 0 aliphatic heterocycles. The second kappa shape index (κ2) is 4.16. The molecule has 0 saturated heterocycles. The van der Waals surface area contributed by atoms with Gasteiger partial charge in [-0.05, 0) is 25.2 Å². The van der Waals surface area contributed by atoms with E-state index in [4.69, 9.17) is 4.74 Å². The van der Waals surface area contributed by atoms with Crippen molar-refractivity contribution in [2.75, 3.05) is 0 Å². The SMILES string of the molecule is CC(=O)OC1CC=C(C)CC(C)(C)C1. The number of carbonyl (C=O) groups is 1. The summed E-state index contributed by atoms with van der Waals surface area (Å²) in [5.74, 6) is -0.168. The molecule has 1 unspecified atom stereocenters. The van der Waals surface area contributed by atoms with Crippen molar-refractivity contribution in [3.8, 4) is 0 Å². The average molecular weight is 196 g/mol. The third kappa shape index (κ3) is 3.52. The Balaban J connectivity index is 2.67. The number of carbonyl (C=O) groups excluding carboxylic acids is 1. The molecule has 1 atom stereocenters. The summed E-state index contributed by atoms with van der Waals surface area (Å²) in [6.07, 6.45) is 5.20. The van der Waals surface area contributed by atoms with Gasteiger partial charge in [0.05, 0.1) is 0 Å². The summed E-state index contributed by atoms with van der Waals surface area (Å²) >= 11 is 0. The number of allylic oxidation sites excluding steroid dienone is 1. The maximum Gasteiger partial charge on any atom is 0.302 e. The summed E-state index contributed by atoms with van der Waals surface area (Å²) in [6.45, 7) is 8.09. The zero-order chi connectivity index (χ0) is 10.8. The maximum absolute atomic E-state index is 10.9. The van der Waals surface area contributed by atoms with Gasteiger partial charge in [0.1, 0.15) is 6.10 Å². The molecule has 0 saturated carbocycles. The molecule has 0 spiro atoms. The molecule has 80 valence electrons. The first-order chi connectivity index (χ1) is 6.39. The molecular formula is C12H20O2. The molecule has 2 nitrogen and oxygen atoms in total. The average Bonchev–Trinajstić information content (AvgIpc) is 2.07. The van der Waals surface area contributed by atoms with Gasteiger partial charge in [0.2, 0.25) is 0 Å². The Morgan fingerprint density at radius 2 is 2.21 bits per heavy atom. The van der Waals surface area contributed by atoms with E-state index in [1.165, 1.54) is 12.5 Å². The predicted octanol–water partition coefficient (Wildman–Crippen LogP) is 3.07. The van der Waals surface area contributed by atoms with E-state index in [0.29, 0.717) is 0 Å². The van der Waals surface area contributed by atoms with Crippen LogP contribution in [0.4, 0.5) is 0 Å². The van der Waals surface area contributed by atoms with Gasteiger partial charge in [-0.2, -0.15) is 0 Å². The molecule has 0 amide bonds. The molecule has 0 aromatic rings. The van der Waals surface area contributed by atoms with Crippen molar-refractivity contribution in [1.82, 2.24) is 0 Å². The molecule has 1 aliphatic rings. The largest absolute Gasteiger partial charge is 0.462 e. The topological polar surface area (TPSA) is 26.3 Å². The second-order valence-electron chi connectivity index (χ2n) is 5.06. The second-order valence-corrected chi connectivity index (χ2v) is 5.06. The zero-order valence-corrected chi connectivity index (χ0v) is 9.59. The summed E-state index contributed by atoms with van der Waals surface area (Å²) in [5.41, 5.74) is 1.65. The van der Waals surface area contributed by atoms with Gasteiger partial charge in [0.25, 0.3) is 0 Å². The smallest absolute Gasteiger partial charge is 0.302 e. The maximum atomic E-state index is 10.9. The molecule has 0 aromatic heterocycles. The first-order valence-electron chi connectivity index (χ1n) is 5.22. The third-order valence-corrected chi connectivity index (χ3v) is 2.60. The standard InChI is InChI=1S/C12H20O2/c1-9-5-6-11(14-10(2)13)8-12(3,4)7-9/h5,11H,6-8H2,1-4H3. The monoisotopic (exact) mass is 196 g/mol. The predicted molar refractivity (Wildman–Crippen MR) is 56.9 cm³/mol. The lowest BCUT2D eigenvalue weighted by molar-refractivity contribution is -0.147. The lowest BCUT2D eigenvalue weighted by Crippen LogP contribution is -2.23. The van der Waals surface area contributed by atoms with Crippen molar-refractivity contribution in [3.05, 3.63) is 11.6 Å².